The van der Waals surface area contributed by atoms with E-state index in [-0.39, 0.29) is 53.2 Å². The van der Waals surface area contributed by atoms with E-state index in [1.165, 1.54) is 0 Å². The SMILES string of the molecule is CCOC(=O)C1CC1C(Cc1ccc(Br)cc1)C(=O)C(Cc1ccc(Br)cc1)C1CC1C(=O)OCC. The Bertz CT molecular complexity index is 996. The lowest BCUT2D eigenvalue weighted by Crippen LogP contribution is -2.32. The number of benzene rings is 2. The molecule has 7 heteroatoms. The predicted molar refractivity (Wildman–Crippen MR) is 144 cm³/mol. The van der Waals surface area contributed by atoms with Crippen molar-refractivity contribution < 1.29 is 23.9 Å². The fraction of sp³-hybridized carbons (Fsp3) is 0.483. The molecule has 0 amide bonds. The van der Waals surface area contributed by atoms with E-state index in [1.807, 2.05) is 48.5 Å². The molecule has 0 spiro atoms. The Balaban J connectivity index is 1.60. The van der Waals surface area contributed by atoms with Crippen molar-refractivity contribution in [3.05, 3.63) is 68.6 Å². The molecular weight excluding hydrogens is 588 g/mol. The van der Waals surface area contributed by atoms with Gasteiger partial charge in [-0.3, -0.25) is 14.4 Å². The van der Waals surface area contributed by atoms with Crippen LogP contribution in [-0.2, 0) is 36.7 Å². The largest absolute Gasteiger partial charge is 0.466 e. The summed E-state index contributed by atoms with van der Waals surface area (Å²) in [5.74, 6) is -1.42. The highest BCUT2D eigenvalue weighted by molar-refractivity contribution is 9.10. The van der Waals surface area contributed by atoms with Crippen LogP contribution in [0.3, 0.4) is 0 Å². The number of hydrogen-bond donors (Lipinski definition) is 0. The average molecular weight is 620 g/mol. The number of ketones is 1. The summed E-state index contributed by atoms with van der Waals surface area (Å²) in [7, 11) is 0. The number of esters is 2. The van der Waals surface area contributed by atoms with E-state index in [0.717, 1.165) is 20.1 Å². The van der Waals surface area contributed by atoms with Crippen molar-refractivity contribution in [3.63, 3.8) is 0 Å². The second-order valence-corrected chi connectivity index (χ2v) is 11.6. The number of hydrogen-bond acceptors (Lipinski definition) is 5. The molecule has 36 heavy (non-hydrogen) atoms. The summed E-state index contributed by atoms with van der Waals surface area (Å²) in [6.07, 6.45) is 2.48. The standard InChI is InChI=1S/C29H32Br2O5/c1-3-35-28(33)25-15-21(25)23(13-17-5-9-19(30)10-6-17)27(32)24(14-18-7-11-20(31)12-8-18)22-16-26(22)29(34)36-4-2/h5-12,21-26H,3-4,13-16H2,1-2H3. The minimum Gasteiger partial charge on any atom is -0.466 e. The Morgan fingerprint density at radius 3 is 1.42 bits per heavy atom. The van der Waals surface area contributed by atoms with Gasteiger partial charge in [0.1, 0.15) is 5.78 Å². The van der Waals surface area contributed by atoms with Crippen molar-refractivity contribution in [1.82, 2.24) is 0 Å². The Morgan fingerprint density at radius 1 is 0.722 bits per heavy atom. The van der Waals surface area contributed by atoms with Gasteiger partial charge in [-0.1, -0.05) is 56.1 Å². The maximum atomic E-state index is 14.3. The molecule has 2 fully saturated rings. The molecule has 0 N–H and O–H groups in total. The molecule has 0 heterocycles. The smallest absolute Gasteiger partial charge is 0.309 e. The molecule has 0 saturated heterocycles. The van der Waals surface area contributed by atoms with E-state index >= 15 is 0 Å². The minimum absolute atomic E-state index is 0.0348. The van der Waals surface area contributed by atoms with Crippen molar-refractivity contribution in [2.75, 3.05) is 13.2 Å². The maximum Gasteiger partial charge on any atom is 0.309 e. The third-order valence-electron chi connectivity index (χ3n) is 7.36. The normalized spacial score (nSPS) is 23.9. The van der Waals surface area contributed by atoms with Gasteiger partial charge >= 0.3 is 11.9 Å². The zero-order valence-corrected chi connectivity index (χ0v) is 23.8. The fourth-order valence-electron chi connectivity index (χ4n) is 5.31. The highest BCUT2D eigenvalue weighted by Crippen LogP contribution is 2.52. The molecular formula is C29H32Br2O5. The summed E-state index contributed by atoms with van der Waals surface area (Å²) in [6.45, 7) is 4.28. The second-order valence-electron chi connectivity index (χ2n) is 9.79. The molecule has 6 unspecified atom stereocenters. The van der Waals surface area contributed by atoms with Crippen LogP contribution < -0.4 is 0 Å². The first kappa shape index (κ1) is 27.1. The maximum absolute atomic E-state index is 14.3. The summed E-state index contributed by atoms with van der Waals surface area (Å²) in [4.78, 5) is 39.3. The first-order valence-electron chi connectivity index (χ1n) is 12.7. The zero-order valence-electron chi connectivity index (χ0n) is 20.6. The Labute approximate surface area is 229 Å². The van der Waals surface area contributed by atoms with Crippen LogP contribution in [0.5, 0.6) is 0 Å². The lowest BCUT2D eigenvalue weighted by molar-refractivity contribution is -0.146. The van der Waals surface area contributed by atoms with Gasteiger partial charge in [0.15, 0.2) is 0 Å². The zero-order chi connectivity index (χ0) is 25.8. The van der Waals surface area contributed by atoms with E-state index < -0.39 is 0 Å². The number of Topliss-reactive ketones (excluding diaryl/α,β-unsaturated/α-hetero) is 1. The highest BCUT2D eigenvalue weighted by atomic mass is 79.9. The molecule has 6 atom stereocenters. The van der Waals surface area contributed by atoms with Gasteiger partial charge in [-0.2, -0.15) is 0 Å². The third kappa shape index (κ3) is 6.65. The molecule has 2 aliphatic carbocycles. The molecule has 2 saturated carbocycles. The molecule has 0 aliphatic heterocycles. The van der Waals surface area contributed by atoms with Gasteiger partial charge < -0.3 is 9.47 Å². The van der Waals surface area contributed by atoms with E-state index in [1.54, 1.807) is 13.8 Å². The molecule has 192 valence electrons. The van der Waals surface area contributed by atoms with Crippen LogP contribution in [0.15, 0.2) is 57.5 Å². The number of halogens is 2. The molecule has 0 bridgehead atoms. The summed E-state index contributed by atoms with van der Waals surface area (Å²) < 4.78 is 12.5. The fourth-order valence-corrected chi connectivity index (χ4v) is 5.84. The second kappa shape index (κ2) is 12.0. The quantitative estimate of drug-likeness (QED) is 0.265. The predicted octanol–water partition coefficient (Wildman–Crippen LogP) is 6.20. The lowest BCUT2D eigenvalue weighted by Gasteiger charge is -2.24. The van der Waals surface area contributed by atoms with Crippen molar-refractivity contribution in [3.8, 4) is 0 Å². The van der Waals surface area contributed by atoms with Gasteiger partial charge in [-0.05, 0) is 86.8 Å². The molecule has 4 rings (SSSR count). The molecule has 0 radical (unpaired) electrons. The molecule has 2 aromatic rings. The Hall–Kier alpha value is -1.99. The van der Waals surface area contributed by atoms with Crippen LogP contribution in [0.2, 0.25) is 0 Å². The molecule has 2 aromatic carbocycles. The summed E-state index contributed by atoms with van der Waals surface area (Å²) >= 11 is 6.96. The molecule has 2 aliphatic rings. The lowest BCUT2D eigenvalue weighted by atomic mass is 9.79. The van der Waals surface area contributed by atoms with E-state index in [2.05, 4.69) is 31.9 Å². The van der Waals surface area contributed by atoms with Gasteiger partial charge in [0.05, 0.1) is 25.0 Å². The topological polar surface area (TPSA) is 69.7 Å². The highest BCUT2D eigenvalue weighted by Gasteiger charge is 2.56. The van der Waals surface area contributed by atoms with Crippen molar-refractivity contribution >= 4 is 49.6 Å². The number of ether oxygens (including phenoxy) is 2. The van der Waals surface area contributed by atoms with Crippen LogP contribution in [0.25, 0.3) is 0 Å². The van der Waals surface area contributed by atoms with Gasteiger partial charge in [0, 0.05) is 20.8 Å². The van der Waals surface area contributed by atoms with Gasteiger partial charge in [-0.25, -0.2) is 0 Å². The van der Waals surface area contributed by atoms with Crippen molar-refractivity contribution in [2.24, 2.45) is 35.5 Å². The summed E-state index contributed by atoms with van der Waals surface area (Å²) in [6, 6.07) is 16.0. The third-order valence-corrected chi connectivity index (χ3v) is 8.42. The first-order valence-corrected chi connectivity index (χ1v) is 14.3. The van der Waals surface area contributed by atoms with Gasteiger partial charge in [-0.15, -0.1) is 0 Å². The van der Waals surface area contributed by atoms with E-state index in [4.69, 9.17) is 9.47 Å². The number of carbonyl (C=O) groups excluding carboxylic acids is 3. The van der Waals surface area contributed by atoms with E-state index in [9.17, 15) is 14.4 Å². The van der Waals surface area contributed by atoms with Crippen LogP contribution in [-0.4, -0.2) is 30.9 Å². The Kier molecular flexibility index (Phi) is 9.05. The van der Waals surface area contributed by atoms with E-state index in [0.29, 0.717) is 38.9 Å². The van der Waals surface area contributed by atoms with Crippen molar-refractivity contribution in [1.29, 1.82) is 0 Å². The van der Waals surface area contributed by atoms with Gasteiger partial charge in [0.2, 0.25) is 0 Å². The van der Waals surface area contributed by atoms with Crippen LogP contribution >= 0.6 is 31.9 Å². The monoisotopic (exact) mass is 618 g/mol. The first-order chi connectivity index (χ1) is 17.3. The minimum atomic E-state index is -0.301. The Morgan fingerprint density at radius 2 is 1.08 bits per heavy atom. The van der Waals surface area contributed by atoms with Crippen LogP contribution in [0.4, 0.5) is 0 Å². The van der Waals surface area contributed by atoms with Crippen LogP contribution in [0.1, 0.15) is 37.8 Å². The molecule has 5 nitrogen and oxygen atoms in total. The number of rotatable bonds is 12. The molecule has 0 aromatic heterocycles. The van der Waals surface area contributed by atoms with Crippen molar-refractivity contribution in [2.45, 2.75) is 39.5 Å². The number of carbonyl (C=O) groups is 3. The van der Waals surface area contributed by atoms with Gasteiger partial charge in [0.25, 0.3) is 0 Å². The average Bonchev–Trinajstić information content (AvgIpc) is 3.78. The van der Waals surface area contributed by atoms with Crippen LogP contribution in [0, 0.1) is 35.5 Å². The summed E-state index contributed by atoms with van der Waals surface area (Å²) in [5.41, 5.74) is 2.12. The summed E-state index contributed by atoms with van der Waals surface area (Å²) in [5, 5.41) is 0.